The van der Waals surface area contributed by atoms with Crippen LogP contribution >= 0.6 is 0 Å². The van der Waals surface area contributed by atoms with E-state index in [-0.39, 0.29) is 5.91 Å². The van der Waals surface area contributed by atoms with Gasteiger partial charge in [0.15, 0.2) is 17.6 Å². The van der Waals surface area contributed by atoms with Gasteiger partial charge in [0, 0.05) is 23.8 Å². The number of ether oxygens (including phenoxy) is 4. The van der Waals surface area contributed by atoms with Crippen molar-refractivity contribution in [2.75, 3.05) is 27.9 Å². The highest BCUT2D eigenvalue weighted by Gasteiger charge is 2.23. The van der Waals surface area contributed by atoms with Crippen LogP contribution in [0.2, 0.25) is 0 Å². The number of hydrazone groups is 1. The van der Waals surface area contributed by atoms with Crippen LogP contribution in [0.15, 0.2) is 53.8 Å². The molecule has 0 bridgehead atoms. The average Bonchev–Trinajstić information content (AvgIpc) is 2.81. The van der Waals surface area contributed by atoms with Gasteiger partial charge < -0.3 is 18.9 Å². The Morgan fingerprint density at radius 1 is 1.10 bits per heavy atom. The van der Waals surface area contributed by atoms with E-state index in [4.69, 9.17) is 18.9 Å². The number of carbonyl (C=O) groups excluding carboxylic acids is 1. The van der Waals surface area contributed by atoms with E-state index in [2.05, 4.69) is 15.5 Å². The average molecular weight is 423 g/mol. The first kappa shape index (κ1) is 22.0. The highest BCUT2D eigenvalue weighted by atomic mass is 16.5. The molecular formula is C23H25N3O5. The molecule has 8 heteroatoms. The van der Waals surface area contributed by atoms with Crippen molar-refractivity contribution < 1.29 is 23.7 Å². The number of amides is 1. The van der Waals surface area contributed by atoms with Gasteiger partial charge in [0.1, 0.15) is 0 Å². The lowest BCUT2D eigenvalue weighted by Gasteiger charge is -2.17. The molecule has 3 rings (SSSR count). The Labute approximate surface area is 180 Å². The van der Waals surface area contributed by atoms with E-state index in [1.54, 1.807) is 18.3 Å². The number of rotatable bonds is 9. The van der Waals surface area contributed by atoms with E-state index < -0.39 is 6.10 Å². The second-order valence-electron chi connectivity index (χ2n) is 6.45. The molecule has 1 unspecified atom stereocenters. The third-order valence-electron chi connectivity index (χ3n) is 4.61. The predicted molar refractivity (Wildman–Crippen MR) is 118 cm³/mol. The second-order valence-corrected chi connectivity index (χ2v) is 6.45. The third-order valence-corrected chi connectivity index (χ3v) is 4.61. The minimum atomic E-state index is -0.824. The molecule has 1 atom stereocenters. The molecule has 0 saturated heterocycles. The van der Waals surface area contributed by atoms with Crippen molar-refractivity contribution in [2.24, 2.45) is 5.10 Å². The van der Waals surface area contributed by atoms with Crippen LogP contribution in [0.1, 0.15) is 24.2 Å². The zero-order chi connectivity index (χ0) is 22.2. The number of benzene rings is 2. The van der Waals surface area contributed by atoms with Gasteiger partial charge in [0.05, 0.1) is 33.1 Å². The fourth-order valence-corrected chi connectivity index (χ4v) is 3.23. The van der Waals surface area contributed by atoms with Crippen molar-refractivity contribution in [2.45, 2.75) is 13.0 Å². The molecule has 0 radical (unpaired) electrons. The van der Waals surface area contributed by atoms with E-state index in [9.17, 15) is 4.79 Å². The largest absolute Gasteiger partial charge is 0.493 e. The number of carbonyl (C=O) groups is 1. The van der Waals surface area contributed by atoms with Crippen molar-refractivity contribution in [3.05, 3.63) is 59.8 Å². The van der Waals surface area contributed by atoms with Gasteiger partial charge in [-0.05, 0) is 36.8 Å². The summed E-state index contributed by atoms with van der Waals surface area (Å²) in [7, 11) is 4.60. The zero-order valence-corrected chi connectivity index (χ0v) is 17.9. The Balaban J connectivity index is 1.83. The molecule has 1 N–H and O–H groups in total. The first-order valence-corrected chi connectivity index (χ1v) is 9.71. The summed E-state index contributed by atoms with van der Waals surface area (Å²) in [5.41, 5.74) is 4.74. The van der Waals surface area contributed by atoms with E-state index in [1.807, 2.05) is 37.3 Å². The van der Waals surface area contributed by atoms with Crippen LogP contribution in [0.5, 0.6) is 17.2 Å². The molecule has 0 aliphatic carbocycles. The van der Waals surface area contributed by atoms with Crippen LogP contribution in [-0.2, 0) is 9.53 Å². The Morgan fingerprint density at radius 3 is 2.48 bits per heavy atom. The van der Waals surface area contributed by atoms with Crippen molar-refractivity contribution in [1.29, 1.82) is 0 Å². The fourth-order valence-electron chi connectivity index (χ4n) is 3.23. The van der Waals surface area contributed by atoms with Gasteiger partial charge in [-0.1, -0.05) is 18.2 Å². The number of nitrogens with zero attached hydrogens (tertiary/aromatic N) is 2. The van der Waals surface area contributed by atoms with E-state index in [0.29, 0.717) is 29.4 Å². The van der Waals surface area contributed by atoms with Gasteiger partial charge >= 0.3 is 0 Å². The second kappa shape index (κ2) is 10.4. The van der Waals surface area contributed by atoms with Crippen molar-refractivity contribution in [1.82, 2.24) is 10.4 Å². The standard InChI is InChI=1S/C23H25N3O5/c1-5-31-21(17-8-6-10-18-16(17)9-7-11-24-18)23(27)26-25-14-15-12-19(28-2)22(30-4)20(13-15)29-3/h6-14,21H,5H2,1-4H3,(H,26,27). The van der Waals surface area contributed by atoms with E-state index in [0.717, 1.165) is 16.5 Å². The highest BCUT2D eigenvalue weighted by Crippen LogP contribution is 2.37. The van der Waals surface area contributed by atoms with Crippen molar-refractivity contribution >= 4 is 23.0 Å². The Bertz CT molecular complexity index is 1050. The Kier molecular flexibility index (Phi) is 7.40. The summed E-state index contributed by atoms with van der Waals surface area (Å²) in [5, 5.41) is 4.94. The number of pyridine rings is 1. The molecule has 0 aliphatic rings. The van der Waals surface area contributed by atoms with Crippen LogP contribution in [0.4, 0.5) is 0 Å². The summed E-state index contributed by atoms with van der Waals surface area (Å²) in [6.45, 7) is 2.20. The van der Waals surface area contributed by atoms with Crippen molar-refractivity contribution in [3.63, 3.8) is 0 Å². The molecular weight excluding hydrogens is 398 g/mol. The number of methoxy groups -OCH3 is 3. The molecule has 3 aromatic rings. The minimum absolute atomic E-state index is 0.366. The summed E-state index contributed by atoms with van der Waals surface area (Å²) >= 11 is 0. The van der Waals surface area contributed by atoms with Gasteiger partial charge in [-0.15, -0.1) is 0 Å². The molecule has 0 saturated carbocycles. The Morgan fingerprint density at radius 2 is 1.84 bits per heavy atom. The molecule has 1 heterocycles. The van der Waals surface area contributed by atoms with Crippen LogP contribution in [0.3, 0.4) is 0 Å². The highest BCUT2D eigenvalue weighted by molar-refractivity contribution is 5.91. The fraction of sp³-hybridized carbons (Fsp3) is 0.261. The van der Waals surface area contributed by atoms with Gasteiger partial charge in [0.2, 0.25) is 5.75 Å². The summed E-state index contributed by atoms with van der Waals surface area (Å²) in [6, 6.07) is 12.8. The SMILES string of the molecule is CCOC(C(=O)NN=Cc1cc(OC)c(OC)c(OC)c1)c1cccc2ncccc12. The summed E-state index contributed by atoms with van der Waals surface area (Å²) < 4.78 is 21.7. The first-order valence-electron chi connectivity index (χ1n) is 9.71. The first-order chi connectivity index (χ1) is 15.1. The number of aromatic nitrogens is 1. The topological polar surface area (TPSA) is 91.3 Å². The van der Waals surface area contributed by atoms with Crippen LogP contribution in [-0.4, -0.2) is 45.0 Å². The van der Waals surface area contributed by atoms with Gasteiger partial charge in [-0.3, -0.25) is 9.78 Å². The lowest BCUT2D eigenvalue weighted by atomic mass is 10.0. The van der Waals surface area contributed by atoms with Gasteiger partial charge in [-0.2, -0.15) is 5.10 Å². The molecule has 1 aromatic heterocycles. The molecule has 2 aromatic carbocycles. The maximum absolute atomic E-state index is 12.9. The monoisotopic (exact) mass is 423 g/mol. The number of hydrogen-bond donors (Lipinski definition) is 1. The maximum atomic E-state index is 12.9. The molecule has 0 fully saturated rings. The molecule has 0 spiro atoms. The lowest BCUT2D eigenvalue weighted by molar-refractivity contribution is -0.132. The molecule has 31 heavy (non-hydrogen) atoms. The number of nitrogens with one attached hydrogen (secondary N) is 1. The minimum Gasteiger partial charge on any atom is -0.493 e. The van der Waals surface area contributed by atoms with Gasteiger partial charge in [-0.25, -0.2) is 5.43 Å². The van der Waals surface area contributed by atoms with E-state index in [1.165, 1.54) is 27.5 Å². The summed E-state index contributed by atoms with van der Waals surface area (Å²) in [6.07, 6.45) is 2.38. The molecule has 1 amide bonds. The smallest absolute Gasteiger partial charge is 0.273 e. The zero-order valence-electron chi connectivity index (χ0n) is 17.9. The lowest BCUT2D eigenvalue weighted by Crippen LogP contribution is -2.27. The Hall–Kier alpha value is -3.65. The quantitative estimate of drug-likeness (QED) is 0.418. The van der Waals surface area contributed by atoms with E-state index >= 15 is 0 Å². The predicted octanol–water partition coefficient (Wildman–Crippen LogP) is 3.49. The molecule has 8 nitrogen and oxygen atoms in total. The number of hydrogen-bond acceptors (Lipinski definition) is 7. The normalized spacial score (nSPS) is 12.0. The van der Waals surface area contributed by atoms with Gasteiger partial charge in [0.25, 0.3) is 5.91 Å². The summed E-state index contributed by atoms with van der Waals surface area (Å²) in [4.78, 5) is 17.2. The molecule has 162 valence electrons. The summed E-state index contributed by atoms with van der Waals surface area (Å²) in [5.74, 6) is 1.07. The van der Waals surface area contributed by atoms with Crippen LogP contribution in [0, 0.1) is 0 Å². The maximum Gasteiger partial charge on any atom is 0.273 e. The molecule has 0 aliphatic heterocycles. The number of fused-ring (bicyclic) bond motifs is 1. The van der Waals surface area contributed by atoms with Crippen LogP contribution < -0.4 is 19.6 Å². The van der Waals surface area contributed by atoms with Crippen molar-refractivity contribution in [3.8, 4) is 17.2 Å². The third kappa shape index (κ3) is 4.92. The van der Waals surface area contributed by atoms with Crippen LogP contribution in [0.25, 0.3) is 10.9 Å².